The summed E-state index contributed by atoms with van der Waals surface area (Å²) < 4.78 is 26.6. The van der Waals surface area contributed by atoms with Crippen molar-refractivity contribution < 1.29 is 28.2 Å². The molecule has 3 aromatic rings. The Balaban J connectivity index is 1.34. The van der Waals surface area contributed by atoms with Gasteiger partial charge in [-0.05, 0) is 49.6 Å². The summed E-state index contributed by atoms with van der Waals surface area (Å²) in [6, 6.07) is 11.9. The first-order chi connectivity index (χ1) is 16.1. The Kier molecular flexibility index (Phi) is 7.19. The number of oxazole rings is 1. The molecule has 2 heterocycles. The molecule has 0 spiro atoms. The Hall–Kier alpha value is -3.46. The molecule has 4 rings (SSSR count). The number of carbonyl (C=O) groups excluding carboxylic acids is 1. The molecule has 9 heteroatoms. The zero-order valence-electron chi connectivity index (χ0n) is 19.1. The molecule has 0 aliphatic carbocycles. The number of para-hydroxylation sites is 1. The first-order valence-corrected chi connectivity index (χ1v) is 11.0. The molecule has 0 radical (unpaired) electrons. The molecule has 1 aromatic heterocycles. The van der Waals surface area contributed by atoms with Crippen molar-refractivity contribution in [2.24, 2.45) is 0 Å². The fourth-order valence-electron chi connectivity index (χ4n) is 3.95. The maximum absolute atomic E-state index is 11.5. The molecule has 9 nitrogen and oxygen atoms in total. The molecule has 0 atom stereocenters. The van der Waals surface area contributed by atoms with Gasteiger partial charge in [-0.15, -0.1) is 0 Å². The maximum Gasteiger partial charge on any atom is 0.513 e. The summed E-state index contributed by atoms with van der Waals surface area (Å²) in [4.78, 5) is 18.4. The van der Waals surface area contributed by atoms with Gasteiger partial charge in [-0.1, -0.05) is 12.1 Å². The smallest absolute Gasteiger partial charge is 0.493 e. The Morgan fingerprint density at radius 1 is 1.15 bits per heavy atom. The number of carbonyl (C=O) groups is 1. The molecule has 33 heavy (non-hydrogen) atoms. The van der Waals surface area contributed by atoms with E-state index in [1.54, 1.807) is 25.3 Å². The first kappa shape index (κ1) is 22.7. The zero-order chi connectivity index (χ0) is 23.2. The zero-order valence-corrected chi connectivity index (χ0v) is 19.1. The summed E-state index contributed by atoms with van der Waals surface area (Å²) in [5, 5.41) is 3.38. The number of likely N-dealkylation sites (tertiary alicyclic amines) is 1. The van der Waals surface area contributed by atoms with Gasteiger partial charge in [0.05, 0.1) is 20.8 Å². The van der Waals surface area contributed by atoms with E-state index < -0.39 is 6.16 Å². The lowest BCUT2D eigenvalue weighted by molar-refractivity contribution is 0.122. The van der Waals surface area contributed by atoms with E-state index in [-0.39, 0.29) is 6.04 Å². The molecule has 0 saturated carbocycles. The number of hydrogen-bond acceptors (Lipinski definition) is 9. The molecule has 1 aliphatic rings. The average molecular weight is 456 g/mol. The summed E-state index contributed by atoms with van der Waals surface area (Å²) >= 11 is 0. The van der Waals surface area contributed by atoms with Gasteiger partial charge in [-0.2, -0.15) is 4.98 Å². The standard InChI is InChI=1S/C24H29N3O6/c1-4-31-21-14-16(8-9-18(21)29-2)15-27-12-10-17(11-13-27)25-23-26-22-19(32-23)6-5-7-20(22)33-24(28)30-3/h5-9,14,17H,4,10-13,15H2,1-3H3,(H,25,26). The van der Waals surface area contributed by atoms with E-state index in [0.29, 0.717) is 29.5 Å². The molecule has 0 unspecified atom stereocenters. The van der Waals surface area contributed by atoms with Crippen LogP contribution < -0.4 is 19.5 Å². The predicted molar refractivity (Wildman–Crippen MR) is 123 cm³/mol. The minimum atomic E-state index is -0.794. The highest BCUT2D eigenvalue weighted by Crippen LogP contribution is 2.30. The van der Waals surface area contributed by atoms with E-state index in [2.05, 4.69) is 32.1 Å². The third kappa shape index (κ3) is 5.48. The Bertz CT molecular complexity index is 1090. The van der Waals surface area contributed by atoms with Crippen molar-refractivity contribution in [2.45, 2.75) is 32.4 Å². The summed E-state index contributed by atoms with van der Waals surface area (Å²) in [6.07, 6.45) is 1.12. The number of benzene rings is 2. The number of nitrogens with zero attached hydrogens (tertiary/aromatic N) is 2. The van der Waals surface area contributed by atoms with E-state index in [4.69, 9.17) is 18.6 Å². The van der Waals surface area contributed by atoms with Crippen molar-refractivity contribution in [3.63, 3.8) is 0 Å². The molecule has 176 valence electrons. The normalized spacial score (nSPS) is 14.8. The van der Waals surface area contributed by atoms with E-state index >= 15 is 0 Å². The fraction of sp³-hybridized carbons (Fsp3) is 0.417. The van der Waals surface area contributed by atoms with E-state index in [0.717, 1.165) is 44.0 Å². The van der Waals surface area contributed by atoms with Crippen LogP contribution in [-0.4, -0.2) is 56.0 Å². The SMILES string of the molecule is CCOc1cc(CN2CCC(Nc3nc4c(OC(=O)OC)cccc4o3)CC2)ccc1OC. The summed E-state index contributed by atoms with van der Waals surface area (Å²) in [5.41, 5.74) is 2.22. The molecule has 0 amide bonds. The molecule has 1 N–H and O–H groups in total. The number of fused-ring (bicyclic) bond motifs is 1. The van der Waals surface area contributed by atoms with E-state index in [1.807, 2.05) is 13.0 Å². The van der Waals surface area contributed by atoms with Gasteiger partial charge in [0, 0.05) is 25.7 Å². The molecular weight excluding hydrogens is 426 g/mol. The highest BCUT2D eigenvalue weighted by molar-refractivity contribution is 5.83. The second kappa shape index (κ2) is 10.4. The molecule has 2 aromatic carbocycles. The summed E-state index contributed by atoms with van der Waals surface area (Å²) in [6.45, 7) is 5.32. The summed E-state index contributed by atoms with van der Waals surface area (Å²) in [5.74, 6) is 1.83. The number of ether oxygens (including phenoxy) is 4. The number of anilines is 1. The number of hydrogen-bond donors (Lipinski definition) is 1. The monoisotopic (exact) mass is 455 g/mol. The lowest BCUT2D eigenvalue weighted by Gasteiger charge is -2.32. The lowest BCUT2D eigenvalue weighted by atomic mass is 10.0. The van der Waals surface area contributed by atoms with Crippen molar-refractivity contribution in [2.75, 3.05) is 39.2 Å². The molecule has 1 saturated heterocycles. The van der Waals surface area contributed by atoms with Gasteiger partial charge in [0.1, 0.15) is 0 Å². The number of piperidine rings is 1. The van der Waals surface area contributed by atoms with Gasteiger partial charge >= 0.3 is 6.16 Å². The second-order valence-electron chi connectivity index (χ2n) is 7.79. The van der Waals surface area contributed by atoms with Crippen LogP contribution in [0, 0.1) is 0 Å². The number of aromatic nitrogens is 1. The number of rotatable bonds is 8. The summed E-state index contributed by atoms with van der Waals surface area (Å²) in [7, 11) is 2.91. The Morgan fingerprint density at radius 2 is 1.97 bits per heavy atom. The fourth-order valence-corrected chi connectivity index (χ4v) is 3.95. The Labute approximate surface area is 192 Å². The van der Waals surface area contributed by atoms with Crippen molar-refractivity contribution >= 4 is 23.3 Å². The topological polar surface area (TPSA) is 95.3 Å². The van der Waals surface area contributed by atoms with Gasteiger partial charge in [0.2, 0.25) is 0 Å². The minimum absolute atomic E-state index is 0.245. The van der Waals surface area contributed by atoms with Crippen LogP contribution in [-0.2, 0) is 11.3 Å². The van der Waals surface area contributed by atoms with Crippen LogP contribution in [0.3, 0.4) is 0 Å². The largest absolute Gasteiger partial charge is 0.513 e. The Morgan fingerprint density at radius 3 is 2.70 bits per heavy atom. The van der Waals surface area contributed by atoms with Crippen LogP contribution in [0.15, 0.2) is 40.8 Å². The molecule has 1 fully saturated rings. The van der Waals surface area contributed by atoms with E-state index in [9.17, 15) is 4.79 Å². The van der Waals surface area contributed by atoms with Gasteiger partial charge < -0.3 is 28.7 Å². The van der Waals surface area contributed by atoms with Crippen molar-refractivity contribution in [1.82, 2.24) is 9.88 Å². The number of nitrogens with one attached hydrogen (secondary N) is 1. The predicted octanol–water partition coefficient (Wildman–Crippen LogP) is 4.46. The van der Waals surface area contributed by atoms with E-state index in [1.165, 1.54) is 12.7 Å². The van der Waals surface area contributed by atoms with Crippen LogP contribution in [0.5, 0.6) is 17.2 Å². The van der Waals surface area contributed by atoms with Crippen LogP contribution in [0.4, 0.5) is 10.8 Å². The van der Waals surface area contributed by atoms with Crippen LogP contribution in [0.1, 0.15) is 25.3 Å². The lowest BCUT2D eigenvalue weighted by Crippen LogP contribution is -2.38. The van der Waals surface area contributed by atoms with Gasteiger partial charge in [-0.3, -0.25) is 4.90 Å². The number of methoxy groups -OCH3 is 2. The highest BCUT2D eigenvalue weighted by Gasteiger charge is 2.22. The van der Waals surface area contributed by atoms with Gasteiger partial charge in [-0.25, -0.2) is 4.79 Å². The van der Waals surface area contributed by atoms with Gasteiger partial charge in [0.25, 0.3) is 6.01 Å². The highest BCUT2D eigenvalue weighted by atomic mass is 16.7. The van der Waals surface area contributed by atoms with Crippen molar-refractivity contribution in [3.8, 4) is 17.2 Å². The van der Waals surface area contributed by atoms with Crippen LogP contribution in [0.2, 0.25) is 0 Å². The maximum atomic E-state index is 11.5. The van der Waals surface area contributed by atoms with Crippen LogP contribution in [0.25, 0.3) is 11.1 Å². The molecule has 1 aliphatic heterocycles. The third-order valence-corrected chi connectivity index (χ3v) is 5.59. The quantitative estimate of drug-likeness (QED) is 0.390. The minimum Gasteiger partial charge on any atom is -0.493 e. The average Bonchev–Trinajstić information content (AvgIpc) is 3.24. The second-order valence-corrected chi connectivity index (χ2v) is 7.79. The third-order valence-electron chi connectivity index (χ3n) is 5.59. The van der Waals surface area contributed by atoms with Crippen molar-refractivity contribution in [3.05, 3.63) is 42.0 Å². The first-order valence-electron chi connectivity index (χ1n) is 11.0. The molecule has 0 bridgehead atoms. The van der Waals surface area contributed by atoms with Gasteiger partial charge in [0.15, 0.2) is 28.3 Å². The van der Waals surface area contributed by atoms with Crippen LogP contribution >= 0.6 is 0 Å². The molecular formula is C24H29N3O6. The van der Waals surface area contributed by atoms with Crippen molar-refractivity contribution in [1.29, 1.82) is 0 Å².